The fourth-order valence-corrected chi connectivity index (χ4v) is 1.59. The Bertz CT molecular complexity index is 331. The summed E-state index contributed by atoms with van der Waals surface area (Å²) >= 11 is 0. The first-order valence-electron chi connectivity index (χ1n) is 3.52. The van der Waals surface area contributed by atoms with E-state index in [-0.39, 0.29) is 5.75 Å². The number of rotatable bonds is 3. The fourth-order valence-electron chi connectivity index (χ4n) is 0.849. The summed E-state index contributed by atoms with van der Waals surface area (Å²) in [5.41, 5.74) is 0.767. The molecule has 0 saturated carbocycles. The molecule has 0 heterocycles. The lowest BCUT2D eigenvalue weighted by Crippen LogP contribution is -2.13. The standard InChI is InChI=1S/C8H10NO2S/c1-9-12(10,11)7-8-5-3-2-4-6-8/h2-6H,7H2,1H3. The van der Waals surface area contributed by atoms with E-state index in [1.807, 2.05) is 6.07 Å². The van der Waals surface area contributed by atoms with Crippen LogP contribution in [0.4, 0.5) is 0 Å². The third kappa shape index (κ3) is 2.64. The van der Waals surface area contributed by atoms with Crippen LogP contribution in [0.5, 0.6) is 0 Å². The molecule has 0 fully saturated rings. The summed E-state index contributed by atoms with van der Waals surface area (Å²) in [5, 5.41) is 0. The van der Waals surface area contributed by atoms with E-state index in [0.717, 1.165) is 5.56 Å². The molecule has 0 amide bonds. The minimum absolute atomic E-state index is 0.00958. The zero-order chi connectivity index (χ0) is 9.03. The molecule has 1 aromatic rings. The monoisotopic (exact) mass is 184 g/mol. The predicted molar refractivity (Wildman–Crippen MR) is 47.1 cm³/mol. The molecular weight excluding hydrogens is 174 g/mol. The molecule has 0 N–H and O–H groups in total. The van der Waals surface area contributed by atoms with E-state index in [1.54, 1.807) is 24.3 Å². The van der Waals surface area contributed by atoms with Crippen molar-refractivity contribution in [1.29, 1.82) is 0 Å². The van der Waals surface area contributed by atoms with Gasteiger partial charge in [0.25, 0.3) is 0 Å². The molecule has 1 radical (unpaired) electrons. The highest BCUT2D eigenvalue weighted by molar-refractivity contribution is 7.88. The number of benzene rings is 1. The van der Waals surface area contributed by atoms with Crippen LogP contribution < -0.4 is 4.72 Å². The van der Waals surface area contributed by atoms with Crippen LogP contribution in [0.1, 0.15) is 5.56 Å². The molecular formula is C8H10NO2S. The van der Waals surface area contributed by atoms with Crippen LogP contribution in [0, 0.1) is 0 Å². The van der Waals surface area contributed by atoms with Crippen molar-refractivity contribution in [2.45, 2.75) is 5.75 Å². The van der Waals surface area contributed by atoms with Crippen molar-refractivity contribution in [1.82, 2.24) is 4.72 Å². The Balaban J connectivity index is 2.78. The molecule has 0 bridgehead atoms. The van der Waals surface area contributed by atoms with E-state index >= 15 is 0 Å². The summed E-state index contributed by atoms with van der Waals surface area (Å²) in [5.74, 6) is -0.00958. The van der Waals surface area contributed by atoms with Gasteiger partial charge in [0.15, 0.2) is 0 Å². The Morgan fingerprint density at radius 3 is 2.33 bits per heavy atom. The molecule has 12 heavy (non-hydrogen) atoms. The highest BCUT2D eigenvalue weighted by Crippen LogP contribution is 2.03. The summed E-state index contributed by atoms with van der Waals surface area (Å²) in [6.07, 6.45) is 0. The Morgan fingerprint density at radius 1 is 1.25 bits per heavy atom. The molecule has 0 aliphatic heterocycles. The number of hydrogen-bond donors (Lipinski definition) is 0. The van der Waals surface area contributed by atoms with E-state index in [4.69, 9.17) is 0 Å². The lowest BCUT2D eigenvalue weighted by Gasteiger charge is -1.99. The summed E-state index contributed by atoms with van der Waals surface area (Å²) in [7, 11) is -1.96. The smallest absolute Gasteiger partial charge is 0.211 e. The Hall–Kier alpha value is -0.870. The largest absolute Gasteiger partial charge is 0.231 e. The zero-order valence-corrected chi connectivity index (χ0v) is 7.58. The third-order valence-corrected chi connectivity index (χ3v) is 2.72. The first-order chi connectivity index (χ1) is 5.64. The van der Waals surface area contributed by atoms with Gasteiger partial charge in [0, 0.05) is 7.05 Å². The minimum Gasteiger partial charge on any atom is -0.211 e. The molecule has 0 saturated heterocycles. The lowest BCUT2D eigenvalue weighted by atomic mass is 10.2. The number of nitrogens with zero attached hydrogens (tertiary/aromatic N) is 1. The average molecular weight is 184 g/mol. The first-order valence-corrected chi connectivity index (χ1v) is 5.13. The van der Waals surface area contributed by atoms with Crippen molar-refractivity contribution >= 4 is 10.0 Å². The van der Waals surface area contributed by atoms with Crippen molar-refractivity contribution in [3.63, 3.8) is 0 Å². The van der Waals surface area contributed by atoms with Gasteiger partial charge in [-0.2, -0.15) is 0 Å². The van der Waals surface area contributed by atoms with Gasteiger partial charge in [-0.1, -0.05) is 30.3 Å². The highest BCUT2D eigenvalue weighted by Gasteiger charge is 2.08. The van der Waals surface area contributed by atoms with Crippen molar-refractivity contribution < 1.29 is 8.42 Å². The van der Waals surface area contributed by atoms with Crippen LogP contribution in [0.25, 0.3) is 0 Å². The van der Waals surface area contributed by atoms with Crippen molar-refractivity contribution in [3.05, 3.63) is 35.9 Å². The molecule has 4 heteroatoms. The molecule has 0 unspecified atom stereocenters. The van der Waals surface area contributed by atoms with E-state index in [1.165, 1.54) is 7.05 Å². The molecule has 0 aliphatic carbocycles. The van der Waals surface area contributed by atoms with Gasteiger partial charge in [0.1, 0.15) is 0 Å². The number of sulfonamides is 1. The summed E-state index contributed by atoms with van der Waals surface area (Å²) in [6.45, 7) is 0. The lowest BCUT2D eigenvalue weighted by molar-refractivity contribution is 0.586. The quantitative estimate of drug-likeness (QED) is 0.696. The molecule has 0 atom stereocenters. The Labute approximate surface area is 72.5 Å². The van der Waals surface area contributed by atoms with Gasteiger partial charge in [-0.3, -0.25) is 0 Å². The van der Waals surface area contributed by atoms with Crippen molar-refractivity contribution in [3.8, 4) is 0 Å². The molecule has 1 rings (SSSR count). The van der Waals surface area contributed by atoms with Crippen LogP contribution in [0.3, 0.4) is 0 Å². The Kier molecular flexibility index (Phi) is 2.83. The maximum atomic E-state index is 11.0. The second-order valence-corrected chi connectivity index (χ2v) is 4.21. The van der Waals surface area contributed by atoms with Crippen LogP contribution >= 0.6 is 0 Å². The molecule has 0 spiro atoms. The second kappa shape index (κ2) is 3.69. The van der Waals surface area contributed by atoms with E-state index in [0.29, 0.717) is 0 Å². The summed E-state index contributed by atoms with van der Waals surface area (Å²) in [4.78, 5) is 0. The predicted octanol–water partition coefficient (Wildman–Crippen LogP) is 0.751. The fraction of sp³-hybridized carbons (Fsp3) is 0.250. The van der Waals surface area contributed by atoms with Crippen LogP contribution in [-0.4, -0.2) is 15.5 Å². The SMILES string of the molecule is C[N]S(=O)(=O)Cc1ccccc1. The zero-order valence-electron chi connectivity index (χ0n) is 6.77. The van der Waals surface area contributed by atoms with Crippen molar-refractivity contribution in [2.75, 3.05) is 7.05 Å². The number of hydrogen-bond acceptors (Lipinski definition) is 2. The van der Waals surface area contributed by atoms with Crippen LogP contribution in [0.15, 0.2) is 30.3 Å². The van der Waals surface area contributed by atoms with Gasteiger partial charge in [-0.25, -0.2) is 8.42 Å². The Morgan fingerprint density at radius 2 is 1.83 bits per heavy atom. The summed E-state index contributed by atoms with van der Waals surface area (Å²) < 4.78 is 25.3. The second-order valence-electron chi connectivity index (χ2n) is 2.39. The normalized spacial score (nSPS) is 11.4. The maximum absolute atomic E-state index is 11.0. The van der Waals surface area contributed by atoms with Crippen LogP contribution in [-0.2, 0) is 15.8 Å². The van der Waals surface area contributed by atoms with Gasteiger partial charge < -0.3 is 0 Å². The molecule has 1 aromatic carbocycles. The van der Waals surface area contributed by atoms with Gasteiger partial charge in [-0.15, -0.1) is 4.72 Å². The first kappa shape index (κ1) is 9.22. The molecule has 0 aliphatic rings. The average Bonchev–Trinajstić information content (AvgIpc) is 2.06. The maximum Gasteiger partial charge on any atom is 0.231 e. The van der Waals surface area contributed by atoms with E-state index < -0.39 is 10.0 Å². The van der Waals surface area contributed by atoms with Gasteiger partial charge in [0.2, 0.25) is 10.0 Å². The highest BCUT2D eigenvalue weighted by atomic mass is 32.2. The molecule has 65 valence electrons. The van der Waals surface area contributed by atoms with E-state index in [9.17, 15) is 8.42 Å². The molecule has 3 nitrogen and oxygen atoms in total. The summed E-state index contributed by atoms with van der Waals surface area (Å²) in [6, 6.07) is 8.99. The molecule has 0 aromatic heterocycles. The van der Waals surface area contributed by atoms with Gasteiger partial charge in [0.05, 0.1) is 5.75 Å². The van der Waals surface area contributed by atoms with E-state index in [2.05, 4.69) is 4.72 Å². The van der Waals surface area contributed by atoms with Crippen molar-refractivity contribution in [2.24, 2.45) is 0 Å². The topological polar surface area (TPSA) is 48.2 Å². The van der Waals surface area contributed by atoms with Gasteiger partial charge in [-0.05, 0) is 5.56 Å². The van der Waals surface area contributed by atoms with Crippen LogP contribution in [0.2, 0.25) is 0 Å². The minimum atomic E-state index is -3.25. The third-order valence-electron chi connectivity index (χ3n) is 1.47. The van der Waals surface area contributed by atoms with Gasteiger partial charge >= 0.3 is 0 Å².